The van der Waals surface area contributed by atoms with Crippen molar-refractivity contribution >= 4 is 12.1 Å². The number of fused-ring (bicyclic) bond motifs is 2. The van der Waals surface area contributed by atoms with Crippen LogP contribution in [0.25, 0.3) is 0 Å². The van der Waals surface area contributed by atoms with Crippen LogP contribution in [0.15, 0.2) is 60.7 Å². The fourth-order valence-corrected chi connectivity index (χ4v) is 7.66. The van der Waals surface area contributed by atoms with Gasteiger partial charge < -0.3 is 23.8 Å². The first kappa shape index (κ1) is 21.6. The summed E-state index contributed by atoms with van der Waals surface area (Å²) in [6.45, 7) is 1.67. The second kappa shape index (κ2) is 7.82. The Bertz CT molecular complexity index is 1030. The maximum absolute atomic E-state index is 14.0. The number of aliphatic hydroxyl groups is 1. The third kappa shape index (κ3) is 2.71. The average molecular weight is 465 g/mol. The first-order valence-corrected chi connectivity index (χ1v) is 12.2. The van der Waals surface area contributed by atoms with E-state index in [0.29, 0.717) is 23.2 Å². The van der Waals surface area contributed by atoms with Crippen molar-refractivity contribution in [3.05, 3.63) is 71.8 Å². The SMILES string of the molecule is O=C(OCO)OC(C(=O)OC1CC2C13CCC3[N+]21CCCC1)(c1ccccc1)c1ccccc1. The molecule has 0 bridgehead atoms. The Morgan fingerprint density at radius 3 is 2.09 bits per heavy atom. The van der Waals surface area contributed by atoms with Crippen LogP contribution in [-0.4, -0.2) is 59.8 Å². The van der Waals surface area contributed by atoms with Gasteiger partial charge in [-0.05, 0) is 6.42 Å². The highest BCUT2D eigenvalue weighted by Gasteiger charge is 2.86. The quantitative estimate of drug-likeness (QED) is 0.400. The third-order valence-corrected chi connectivity index (χ3v) is 9.08. The van der Waals surface area contributed by atoms with Gasteiger partial charge in [-0.2, -0.15) is 0 Å². The number of hydrogen-bond donors (Lipinski definition) is 1. The first-order chi connectivity index (χ1) is 16.6. The predicted octanol–water partition coefficient (Wildman–Crippen LogP) is 3.49. The Hall–Kier alpha value is -2.90. The van der Waals surface area contributed by atoms with E-state index in [1.54, 1.807) is 48.5 Å². The molecule has 4 atom stereocenters. The Morgan fingerprint density at radius 2 is 1.59 bits per heavy atom. The van der Waals surface area contributed by atoms with Crippen molar-refractivity contribution in [2.75, 3.05) is 19.9 Å². The Balaban J connectivity index is 1.34. The Labute approximate surface area is 198 Å². The van der Waals surface area contributed by atoms with Gasteiger partial charge >= 0.3 is 12.1 Å². The Morgan fingerprint density at radius 1 is 0.971 bits per heavy atom. The fourth-order valence-electron chi connectivity index (χ4n) is 7.66. The second-order valence-electron chi connectivity index (χ2n) is 10.1. The number of nitrogens with zero attached hydrogens (tertiary/aromatic N) is 1. The minimum atomic E-state index is -1.83. The number of carbonyl (C=O) groups is 2. The molecule has 7 heteroatoms. The van der Waals surface area contributed by atoms with Gasteiger partial charge in [-0.1, -0.05) is 60.7 Å². The van der Waals surface area contributed by atoms with Gasteiger partial charge in [0.25, 0.3) is 5.60 Å². The van der Waals surface area contributed by atoms with Crippen molar-refractivity contribution < 1.29 is 33.4 Å². The van der Waals surface area contributed by atoms with Gasteiger partial charge in [-0.25, -0.2) is 9.59 Å². The summed E-state index contributed by atoms with van der Waals surface area (Å²) in [4.78, 5) is 26.5. The molecule has 4 aliphatic rings. The van der Waals surface area contributed by atoms with Crippen molar-refractivity contribution in [1.82, 2.24) is 0 Å². The van der Waals surface area contributed by atoms with E-state index in [-0.39, 0.29) is 11.5 Å². The van der Waals surface area contributed by atoms with Crippen LogP contribution in [0, 0.1) is 5.41 Å². The molecule has 2 aliphatic carbocycles. The van der Waals surface area contributed by atoms with Crippen molar-refractivity contribution in [3.8, 4) is 0 Å². The van der Waals surface area contributed by atoms with Crippen LogP contribution in [0.3, 0.4) is 0 Å². The summed E-state index contributed by atoms with van der Waals surface area (Å²) in [5.74, 6) is -0.622. The minimum Gasteiger partial charge on any atom is -0.458 e. The average Bonchev–Trinajstić information content (AvgIpc) is 3.30. The highest BCUT2D eigenvalue weighted by atomic mass is 16.8. The maximum atomic E-state index is 14.0. The molecule has 2 aliphatic heterocycles. The van der Waals surface area contributed by atoms with Gasteiger partial charge in [-0.3, -0.25) is 0 Å². The number of ether oxygens (including phenoxy) is 3. The van der Waals surface area contributed by atoms with Gasteiger partial charge in [0, 0.05) is 36.8 Å². The number of hydrogen-bond acceptors (Lipinski definition) is 6. The van der Waals surface area contributed by atoms with E-state index < -0.39 is 24.5 Å². The lowest BCUT2D eigenvalue weighted by atomic mass is 9.39. The van der Waals surface area contributed by atoms with Crippen molar-refractivity contribution in [1.29, 1.82) is 0 Å². The van der Waals surface area contributed by atoms with Crippen LogP contribution >= 0.6 is 0 Å². The van der Waals surface area contributed by atoms with E-state index in [1.807, 2.05) is 12.1 Å². The topological polar surface area (TPSA) is 82.1 Å². The summed E-state index contributed by atoms with van der Waals surface area (Å²) >= 11 is 0. The summed E-state index contributed by atoms with van der Waals surface area (Å²) in [7, 11) is 0. The highest BCUT2D eigenvalue weighted by Crippen LogP contribution is 2.73. The smallest absolute Gasteiger partial charge is 0.458 e. The molecule has 178 valence electrons. The molecule has 2 saturated heterocycles. The van der Waals surface area contributed by atoms with Crippen molar-refractivity contribution in [2.45, 2.75) is 55.9 Å². The van der Waals surface area contributed by atoms with Crippen molar-refractivity contribution in [2.24, 2.45) is 5.41 Å². The van der Waals surface area contributed by atoms with E-state index in [4.69, 9.17) is 14.6 Å². The van der Waals surface area contributed by atoms with Crippen LogP contribution in [0.2, 0.25) is 0 Å². The number of esters is 1. The number of quaternary nitrogens is 1. The predicted molar refractivity (Wildman–Crippen MR) is 121 cm³/mol. The van der Waals surface area contributed by atoms with Crippen molar-refractivity contribution in [3.63, 3.8) is 0 Å². The van der Waals surface area contributed by atoms with E-state index in [9.17, 15) is 9.59 Å². The molecule has 0 aromatic heterocycles. The monoisotopic (exact) mass is 464 g/mol. The number of piperidine rings is 2. The van der Waals surface area contributed by atoms with Gasteiger partial charge in [0.1, 0.15) is 23.6 Å². The fraction of sp³-hybridized carbons (Fsp3) is 0.481. The molecule has 2 spiro atoms. The summed E-state index contributed by atoms with van der Waals surface area (Å²) in [5.41, 5.74) is -0.808. The molecule has 6 rings (SSSR count). The second-order valence-corrected chi connectivity index (χ2v) is 10.1. The van der Waals surface area contributed by atoms with E-state index in [2.05, 4.69) is 4.74 Å². The molecule has 2 aromatic carbocycles. The molecule has 2 saturated carbocycles. The molecule has 0 amide bonds. The first-order valence-electron chi connectivity index (χ1n) is 12.2. The highest BCUT2D eigenvalue weighted by molar-refractivity contribution is 5.88. The lowest BCUT2D eigenvalue weighted by Crippen LogP contribution is -2.94. The molecule has 0 radical (unpaired) electrons. The van der Waals surface area contributed by atoms with Gasteiger partial charge in [0.05, 0.1) is 13.1 Å². The standard InChI is InChI=1S/C27H30NO6/c29-18-32-25(31)34-27(19-9-3-1-4-10-19,20-11-5-2-6-12-20)24(30)33-23-17-22-26(23)14-13-21(26)28(22)15-7-8-16-28/h1-6,9-12,21-23,29H,7-8,13-18H2/q+1. The third-order valence-electron chi connectivity index (χ3n) is 9.08. The number of rotatable bonds is 6. The summed E-state index contributed by atoms with van der Waals surface area (Å²) in [6, 6.07) is 18.9. The zero-order chi connectivity index (χ0) is 23.4. The van der Waals surface area contributed by atoms with E-state index in [0.717, 1.165) is 12.8 Å². The summed E-state index contributed by atoms with van der Waals surface area (Å²) in [6.07, 6.45) is 4.44. The minimum absolute atomic E-state index is 0.0880. The zero-order valence-corrected chi connectivity index (χ0v) is 19.1. The van der Waals surface area contributed by atoms with E-state index >= 15 is 0 Å². The molecular formula is C27H30NO6+. The largest absolute Gasteiger partial charge is 0.512 e. The molecular weight excluding hydrogens is 434 g/mol. The van der Waals surface area contributed by atoms with Crippen LogP contribution in [0.1, 0.15) is 43.2 Å². The summed E-state index contributed by atoms with van der Waals surface area (Å²) in [5, 5.41) is 9.11. The molecule has 2 aromatic rings. The van der Waals surface area contributed by atoms with Crippen LogP contribution < -0.4 is 0 Å². The van der Waals surface area contributed by atoms with Gasteiger partial charge in [0.2, 0.25) is 0 Å². The van der Waals surface area contributed by atoms with Gasteiger partial charge in [-0.15, -0.1) is 0 Å². The summed E-state index contributed by atoms with van der Waals surface area (Å²) < 4.78 is 17.9. The lowest BCUT2D eigenvalue weighted by molar-refractivity contribution is -1.05. The zero-order valence-electron chi connectivity index (χ0n) is 19.1. The molecule has 4 unspecified atom stereocenters. The van der Waals surface area contributed by atoms with Crippen LogP contribution in [0.4, 0.5) is 4.79 Å². The molecule has 1 N–H and O–H groups in total. The number of benzene rings is 2. The molecule has 34 heavy (non-hydrogen) atoms. The molecule has 4 fully saturated rings. The lowest BCUT2D eigenvalue weighted by Gasteiger charge is -2.80. The maximum Gasteiger partial charge on any atom is 0.512 e. The Kier molecular flexibility index (Phi) is 4.97. The number of aliphatic hydroxyl groups excluding tert-OH is 1. The van der Waals surface area contributed by atoms with E-state index in [1.165, 1.54) is 36.8 Å². The van der Waals surface area contributed by atoms with Gasteiger partial charge in [0.15, 0.2) is 6.79 Å². The van der Waals surface area contributed by atoms with Crippen LogP contribution in [0.5, 0.6) is 0 Å². The normalized spacial score (nSPS) is 30.1. The molecule has 7 nitrogen and oxygen atoms in total. The molecule has 2 heterocycles. The van der Waals surface area contributed by atoms with Crippen LogP contribution in [-0.2, 0) is 24.6 Å². The number of carbonyl (C=O) groups excluding carboxylic acids is 2.